The zero-order valence-electron chi connectivity index (χ0n) is 12.2. The second-order valence-corrected chi connectivity index (χ2v) is 8.05. The molecule has 0 amide bonds. The maximum atomic E-state index is 12.9. The summed E-state index contributed by atoms with van der Waals surface area (Å²) in [4.78, 5) is 0. The maximum Gasteiger partial charge on any atom is 0.282 e. The van der Waals surface area contributed by atoms with E-state index in [1.807, 2.05) is 30.3 Å². The maximum absolute atomic E-state index is 12.9. The van der Waals surface area contributed by atoms with Crippen LogP contribution in [0.2, 0.25) is 0 Å². The Balaban J connectivity index is 2.15. The lowest BCUT2D eigenvalue weighted by atomic mass is 10.2. The molecule has 1 aliphatic heterocycles. The molecule has 0 saturated carbocycles. The molecule has 0 N–H and O–H groups in total. The number of halogens is 1. The molecule has 1 aromatic carbocycles. The summed E-state index contributed by atoms with van der Waals surface area (Å²) < 4.78 is 29.0. The molecule has 1 saturated heterocycles. The minimum absolute atomic E-state index is 0.436. The van der Waals surface area contributed by atoms with Gasteiger partial charge in [-0.25, -0.2) is 0 Å². The third kappa shape index (κ3) is 4.77. The van der Waals surface area contributed by atoms with Gasteiger partial charge in [-0.1, -0.05) is 59.1 Å². The Kier molecular flexibility index (Phi) is 6.67. The van der Waals surface area contributed by atoms with Crippen LogP contribution in [0.4, 0.5) is 0 Å². The minimum atomic E-state index is -3.37. The van der Waals surface area contributed by atoms with E-state index in [-0.39, 0.29) is 0 Å². The van der Waals surface area contributed by atoms with E-state index in [1.54, 1.807) is 8.61 Å². The molecule has 6 heteroatoms. The van der Waals surface area contributed by atoms with Gasteiger partial charge in [0.15, 0.2) is 0 Å². The standard InChI is InChI=1S/C15H23BrN2O2S/c16-10-13-18(14-15-8-4-3-5-9-15)21(19,20)17-11-6-1-2-7-12-17/h3-5,8-9H,1-2,6-7,10-14H2. The fourth-order valence-corrected chi connectivity index (χ4v) is 4.94. The van der Waals surface area contributed by atoms with Gasteiger partial charge in [0, 0.05) is 31.5 Å². The fourth-order valence-electron chi connectivity index (χ4n) is 2.59. The van der Waals surface area contributed by atoms with Crippen LogP contribution in [0.3, 0.4) is 0 Å². The van der Waals surface area contributed by atoms with Crippen LogP contribution in [-0.2, 0) is 16.8 Å². The molecule has 118 valence electrons. The van der Waals surface area contributed by atoms with Gasteiger partial charge in [-0.15, -0.1) is 0 Å². The summed E-state index contributed by atoms with van der Waals surface area (Å²) in [6.07, 6.45) is 4.19. The highest BCUT2D eigenvalue weighted by atomic mass is 79.9. The van der Waals surface area contributed by atoms with E-state index in [9.17, 15) is 8.42 Å². The topological polar surface area (TPSA) is 40.6 Å². The van der Waals surface area contributed by atoms with Gasteiger partial charge in [0.2, 0.25) is 0 Å². The Hall–Kier alpha value is -0.430. The minimum Gasteiger partial charge on any atom is -0.195 e. The molecule has 1 fully saturated rings. The van der Waals surface area contributed by atoms with Crippen molar-refractivity contribution in [2.24, 2.45) is 0 Å². The monoisotopic (exact) mass is 374 g/mol. The molecular weight excluding hydrogens is 352 g/mol. The van der Waals surface area contributed by atoms with E-state index < -0.39 is 10.2 Å². The molecule has 2 rings (SSSR count). The molecule has 1 aliphatic rings. The Morgan fingerprint density at radius 2 is 1.67 bits per heavy atom. The number of hydrogen-bond donors (Lipinski definition) is 0. The summed E-state index contributed by atoms with van der Waals surface area (Å²) in [6.45, 7) is 2.23. The van der Waals surface area contributed by atoms with Gasteiger partial charge in [0.1, 0.15) is 0 Å². The lowest BCUT2D eigenvalue weighted by Crippen LogP contribution is -2.44. The van der Waals surface area contributed by atoms with Crippen molar-refractivity contribution in [2.75, 3.05) is 25.0 Å². The fraction of sp³-hybridized carbons (Fsp3) is 0.600. The van der Waals surface area contributed by atoms with Crippen LogP contribution in [0, 0.1) is 0 Å². The predicted molar refractivity (Wildman–Crippen MR) is 89.6 cm³/mol. The summed E-state index contributed by atoms with van der Waals surface area (Å²) in [5.74, 6) is 0. The summed E-state index contributed by atoms with van der Waals surface area (Å²) >= 11 is 3.37. The highest BCUT2D eigenvalue weighted by molar-refractivity contribution is 9.09. The van der Waals surface area contributed by atoms with E-state index in [2.05, 4.69) is 15.9 Å². The molecule has 0 atom stereocenters. The number of nitrogens with zero attached hydrogens (tertiary/aromatic N) is 2. The summed E-state index contributed by atoms with van der Waals surface area (Å²) in [5, 5.41) is 0.646. The highest BCUT2D eigenvalue weighted by Gasteiger charge is 2.29. The van der Waals surface area contributed by atoms with Gasteiger partial charge in [-0.05, 0) is 18.4 Å². The smallest absolute Gasteiger partial charge is 0.195 e. The van der Waals surface area contributed by atoms with E-state index in [0.717, 1.165) is 31.2 Å². The Bertz CT molecular complexity index is 514. The summed E-state index contributed by atoms with van der Waals surface area (Å²) in [5.41, 5.74) is 1.02. The summed E-state index contributed by atoms with van der Waals surface area (Å²) in [7, 11) is -3.37. The quantitative estimate of drug-likeness (QED) is 0.718. The second kappa shape index (κ2) is 8.27. The molecule has 1 heterocycles. The van der Waals surface area contributed by atoms with Gasteiger partial charge < -0.3 is 0 Å². The van der Waals surface area contributed by atoms with E-state index >= 15 is 0 Å². The summed E-state index contributed by atoms with van der Waals surface area (Å²) in [6, 6.07) is 9.78. The van der Waals surface area contributed by atoms with Crippen molar-refractivity contribution in [2.45, 2.75) is 32.2 Å². The average molecular weight is 375 g/mol. The predicted octanol–water partition coefficient (Wildman–Crippen LogP) is 3.00. The first kappa shape index (κ1) is 16.9. The normalized spacial score (nSPS) is 17.8. The van der Waals surface area contributed by atoms with Crippen molar-refractivity contribution in [3.63, 3.8) is 0 Å². The van der Waals surface area contributed by atoms with Crippen LogP contribution in [-0.4, -0.2) is 42.0 Å². The van der Waals surface area contributed by atoms with Crippen LogP contribution >= 0.6 is 15.9 Å². The van der Waals surface area contributed by atoms with Gasteiger partial charge in [0.05, 0.1) is 0 Å². The lowest BCUT2D eigenvalue weighted by molar-refractivity contribution is 0.345. The van der Waals surface area contributed by atoms with Crippen molar-refractivity contribution in [1.29, 1.82) is 0 Å². The van der Waals surface area contributed by atoms with Crippen molar-refractivity contribution in [1.82, 2.24) is 8.61 Å². The molecule has 0 aromatic heterocycles. The highest BCUT2D eigenvalue weighted by Crippen LogP contribution is 2.18. The molecule has 0 aliphatic carbocycles. The molecular formula is C15H23BrN2O2S. The first-order chi connectivity index (χ1) is 10.1. The van der Waals surface area contributed by atoms with E-state index in [0.29, 0.717) is 31.5 Å². The molecule has 21 heavy (non-hydrogen) atoms. The van der Waals surface area contributed by atoms with Crippen molar-refractivity contribution >= 4 is 26.1 Å². The average Bonchev–Trinajstić information content (AvgIpc) is 2.77. The van der Waals surface area contributed by atoms with Crippen molar-refractivity contribution in [3.05, 3.63) is 35.9 Å². The van der Waals surface area contributed by atoms with Gasteiger partial charge in [0.25, 0.3) is 10.2 Å². The van der Waals surface area contributed by atoms with Crippen molar-refractivity contribution < 1.29 is 8.42 Å². The van der Waals surface area contributed by atoms with Gasteiger partial charge >= 0.3 is 0 Å². The second-order valence-electron chi connectivity index (χ2n) is 5.33. The molecule has 0 spiro atoms. The van der Waals surface area contributed by atoms with Gasteiger partial charge in [-0.2, -0.15) is 17.0 Å². The largest absolute Gasteiger partial charge is 0.282 e. The van der Waals surface area contributed by atoms with Gasteiger partial charge in [-0.3, -0.25) is 0 Å². The zero-order valence-corrected chi connectivity index (χ0v) is 14.7. The third-order valence-corrected chi connectivity index (χ3v) is 6.09. The Morgan fingerprint density at radius 3 is 2.24 bits per heavy atom. The zero-order chi connectivity index (χ0) is 15.1. The Morgan fingerprint density at radius 1 is 1.05 bits per heavy atom. The Labute approximate surface area is 136 Å². The molecule has 4 nitrogen and oxygen atoms in total. The number of rotatable bonds is 6. The lowest BCUT2D eigenvalue weighted by Gasteiger charge is -2.28. The van der Waals surface area contributed by atoms with Crippen molar-refractivity contribution in [3.8, 4) is 0 Å². The molecule has 0 unspecified atom stereocenters. The number of hydrogen-bond acceptors (Lipinski definition) is 2. The van der Waals surface area contributed by atoms with Crippen LogP contribution in [0.25, 0.3) is 0 Å². The SMILES string of the molecule is O=S(=O)(N1CCCCCC1)N(CCBr)Cc1ccccc1. The molecule has 0 bridgehead atoms. The van der Waals surface area contributed by atoms with Crippen LogP contribution < -0.4 is 0 Å². The van der Waals surface area contributed by atoms with E-state index in [1.165, 1.54) is 0 Å². The first-order valence-corrected chi connectivity index (χ1v) is 10.0. The first-order valence-electron chi connectivity index (χ1n) is 7.49. The van der Waals surface area contributed by atoms with Crippen LogP contribution in [0.1, 0.15) is 31.2 Å². The molecule has 1 aromatic rings. The molecule has 0 radical (unpaired) electrons. The number of alkyl halides is 1. The number of benzene rings is 1. The van der Waals surface area contributed by atoms with Crippen LogP contribution in [0.15, 0.2) is 30.3 Å². The third-order valence-electron chi connectivity index (χ3n) is 3.75. The van der Waals surface area contributed by atoms with Crippen LogP contribution in [0.5, 0.6) is 0 Å². The van der Waals surface area contributed by atoms with E-state index in [4.69, 9.17) is 0 Å².